The predicted molar refractivity (Wildman–Crippen MR) is 134 cm³/mol. The number of hydrogen-bond donors (Lipinski definition) is 3. The average molecular weight is 438 g/mol. The van der Waals surface area contributed by atoms with Crippen molar-refractivity contribution in [1.29, 1.82) is 0 Å². The highest BCUT2D eigenvalue weighted by molar-refractivity contribution is 5.91. The second-order valence-corrected chi connectivity index (χ2v) is 8.41. The Morgan fingerprint density at radius 1 is 0.656 bits per heavy atom. The zero-order chi connectivity index (χ0) is 23.2. The summed E-state index contributed by atoms with van der Waals surface area (Å²) in [5, 5.41) is 22.0. The Balaban J connectivity index is 1.89. The van der Waals surface area contributed by atoms with Crippen molar-refractivity contribution in [3.8, 4) is 11.5 Å². The van der Waals surface area contributed by atoms with Crippen molar-refractivity contribution in [2.24, 2.45) is 0 Å². The molecular formula is C28H39NO3. The van der Waals surface area contributed by atoms with Gasteiger partial charge in [-0.2, -0.15) is 0 Å². The summed E-state index contributed by atoms with van der Waals surface area (Å²) in [7, 11) is 1.69. The van der Waals surface area contributed by atoms with Gasteiger partial charge in [-0.05, 0) is 72.2 Å². The minimum absolute atomic E-state index is 0.140. The van der Waals surface area contributed by atoms with E-state index in [1.165, 1.54) is 43.3 Å². The fourth-order valence-electron chi connectivity index (χ4n) is 4.16. The molecule has 0 atom stereocenters. The van der Waals surface area contributed by atoms with Gasteiger partial charge in [-0.1, -0.05) is 69.7 Å². The van der Waals surface area contributed by atoms with Crippen LogP contribution in [-0.4, -0.2) is 23.2 Å². The average Bonchev–Trinajstić information content (AvgIpc) is 2.81. The fourth-order valence-corrected chi connectivity index (χ4v) is 4.16. The lowest BCUT2D eigenvalue weighted by Gasteiger charge is -2.16. The molecule has 0 aliphatic rings. The molecule has 0 aromatic heterocycles. The summed E-state index contributed by atoms with van der Waals surface area (Å²) < 4.78 is 0. The van der Waals surface area contributed by atoms with E-state index < -0.39 is 0 Å². The first kappa shape index (κ1) is 25.5. The molecule has 0 fully saturated rings. The van der Waals surface area contributed by atoms with Crippen molar-refractivity contribution in [2.45, 2.75) is 77.6 Å². The number of unbranched alkanes of at least 4 members (excludes halogenated alkanes) is 7. The number of phenolic OH excluding ortho intramolecular Hbond substituents is 2. The number of nitrogens with one attached hydrogen (secondary N) is 1. The topological polar surface area (TPSA) is 69.6 Å². The zero-order valence-electron chi connectivity index (χ0n) is 19.7. The Bertz CT molecular complexity index is 838. The number of phenols is 2. The molecule has 0 bridgehead atoms. The first-order valence-electron chi connectivity index (χ1n) is 12.1. The SMILES string of the molecule is CC/C(=C(/CCCCCCCCCCC(=O)NC)c1ccc(O)cc1)c1ccc(O)cc1. The van der Waals surface area contributed by atoms with Gasteiger partial charge in [-0.3, -0.25) is 4.79 Å². The third kappa shape index (κ3) is 8.78. The second-order valence-electron chi connectivity index (χ2n) is 8.41. The van der Waals surface area contributed by atoms with E-state index in [2.05, 4.69) is 12.2 Å². The summed E-state index contributed by atoms with van der Waals surface area (Å²) in [4.78, 5) is 11.2. The molecule has 0 saturated heterocycles. The summed E-state index contributed by atoms with van der Waals surface area (Å²) in [5.41, 5.74) is 4.92. The molecule has 0 aliphatic heterocycles. The number of allylic oxidation sites excluding steroid dienone is 2. The van der Waals surface area contributed by atoms with Crippen LogP contribution in [-0.2, 0) is 4.79 Å². The van der Waals surface area contributed by atoms with E-state index in [0.29, 0.717) is 6.42 Å². The number of hydrogen-bond acceptors (Lipinski definition) is 3. The Morgan fingerprint density at radius 3 is 1.50 bits per heavy atom. The standard InChI is InChI=1S/C28H39NO3/c1-3-26(22-14-18-24(30)19-15-22)27(23-16-20-25(31)21-17-23)12-10-8-6-4-5-7-9-11-13-28(32)29-2/h14-21,30-31H,3-13H2,1-2H3,(H,29,32)/b27-26+. The number of aromatic hydroxyl groups is 2. The molecule has 2 aromatic carbocycles. The Labute approximate surface area is 193 Å². The maximum Gasteiger partial charge on any atom is 0.219 e. The van der Waals surface area contributed by atoms with E-state index in [1.807, 2.05) is 24.3 Å². The molecule has 0 saturated carbocycles. The summed E-state index contributed by atoms with van der Waals surface area (Å²) >= 11 is 0. The molecule has 0 heterocycles. The number of carbonyl (C=O) groups excluding carboxylic acids is 1. The zero-order valence-corrected chi connectivity index (χ0v) is 19.7. The lowest BCUT2D eigenvalue weighted by Crippen LogP contribution is -2.16. The Hall–Kier alpha value is -2.75. The van der Waals surface area contributed by atoms with Gasteiger partial charge in [0, 0.05) is 13.5 Å². The monoisotopic (exact) mass is 437 g/mol. The Kier molecular flexibility index (Phi) is 11.4. The van der Waals surface area contributed by atoms with Gasteiger partial charge in [-0.25, -0.2) is 0 Å². The van der Waals surface area contributed by atoms with Crippen molar-refractivity contribution < 1.29 is 15.0 Å². The van der Waals surface area contributed by atoms with Gasteiger partial charge in [0.25, 0.3) is 0 Å². The highest BCUT2D eigenvalue weighted by Crippen LogP contribution is 2.34. The van der Waals surface area contributed by atoms with Crippen LogP contribution in [0.1, 0.15) is 88.7 Å². The lowest BCUT2D eigenvalue weighted by molar-refractivity contribution is -0.120. The molecule has 0 aliphatic carbocycles. The highest BCUT2D eigenvalue weighted by atomic mass is 16.3. The number of carbonyl (C=O) groups is 1. The van der Waals surface area contributed by atoms with E-state index >= 15 is 0 Å². The van der Waals surface area contributed by atoms with Gasteiger partial charge >= 0.3 is 0 Å². The molecule has 32 heavy (non-hydrogen) atoms. The van der Waals surface area contributed by atoms with Crippen molar-refractivity contribution in [3.63, 3.8) is 0 Å². The van der Waals surface area contributed by atoms with Crippen molar-refractivity contribution in [3.05, 3.63) is 59.7 Å². The van der Waals surface area contributed by atoms with Gasteiger partial charge in [0.15, 0.2) is 0 Å². The fraction of sp³-hybridized carbons (Fsp3) is 0.464. The minimum Gasteiger partial charge on any atom is -0.508 e. The van der Waals surface area contributed by atoms with Crippen LogP contribution >= 0.6 is 0 Å². The van der Waals surface area contributed by atoms with Gasteiger partial charge in [0.2, 0.25) is 5.91 Å². The Morgan fingerprint density at radius 2 is 1.06 bits per heavy atom. The van der Waals surface area contributed by atoms with Crippen LogP contribution in [0.5, 0.6) is 11.5 Å². The second kappa shape index (κ2) is 14.3. The summed E-state index contributed by atoms with van der Waals surface area (Å²) in [6.45, 7) is 2.17. The first-order chi connectivity index (χ1) is 15.5. The number of rotatable bonds is 14. The molecule has 1 amide bonds. The molecule has 4 nitrogen and oxygen atoms in total. The van der Waals surface area contributed by atoms with Crippen molar-refractivity contribution in [2.75, 3.05) is 7.05 Å². The number of amides is 1. The first-order valence-corrected chi connectivity index (χ1v) is 12.1. The normalized spacial score (nSPS) is 11.8. The highest BCUT2D eigenvalue weighted by Gasteiger charge is 2.11. The van der Waals surface area contributed by atoms with E-state index in [1.54, 1.807) is 31.3 Å². The largest absolute Gasteiger partial charge is 0.508 e. The minimum atomic E-state index is 0.140. The third-order valence-electron chi connectivity index (χ3n) is 6.01. The smallest absolute Gasteiger partial charge is 0.219 e. The van der Waals surface area contributed by atoms with Crippen LogP contribution < -0.4 is 5.32 Å². The third-order valence-corrected chi connectivity index (χ3v) is 6.01. The lowest BCUT2D eigenvalue weighted by atomic mass is 9.89. The van der Waals surface area contributed by atoms with Crippen LogP contribution in [0.15, 0.2) is 48.5 Å². The van der Waals surface area contributed by atoms with Crippen LogP contribution in [0.2, 0.25) is 0 Å². The molecular weight excluding hydrogens is 398 g/mol. The molecule has 2 aromatic rings. The molecule has 0 radical (unpaired) electrons. The maximum atomic E-state index is 11.2. The number of benzene rings is 2. The van der Waals surface area contributed by atoms with Gasteiger partial charge in [0.1, 0.15) is 11.5 Å². The summed E-state index contributed by atoms with van der Waals surface area (Å²) in [6, 6.07) is 15.0. The molecule has 2 rings (SSSR count). The molecule has 3 N–H and O–H groups in total. The summed E-state index contributed by atoms with van der Waals surface area (Å²) in [5.74, 6) is 0.705. The van der Waals surface area contributed by atoms with Crippen molar-refractivity contribution in [1.82, 2.24) is 5.32 Å². The molecule has 4 heteroatoms. The van der Waals surface area contributed by atoms with Gasteiger partial charge in [0.05, 0.1) is 0 Å². The van der Waals surface area contributed by atoms with E-state index in [0.717, 1.165) is 43.2 Å². The quantitative estimate of drug-likeness (QED) is 0.219. The molecule has 0 spiro atoms. The van der Waals surface area contributed by atoms with E-state index in [-0.39, 0.29) is 17.4 Å². The van der Waals surface area contributed by atoms with Crippen molar-refractivity contribution >= 4 is 17.1 Å². The predicted octanol–water partition coefficient (Wildman–Crippen LogP) is 7.07. The molecule has 174 valence electrons. The van der Waals surface area contributed by atoms with E-state index in [4.69, 9.17) is 0 Å². The maximum absolute atomic E-state index is 11.2. The van der Waals surface area contributed by atoms with Crippen LogP contribution in [0.3, 0.4) is 0 Å². The molecule has 0 unspecified atom stereocenters. The summed E-state index contributed by atoms with van der Waals surface area (Å²) in [6.07, 6.45) is 11.9. The van der Waals surface area contributed by atoms with Gasteiger partial charge < -0.3 is 15.5 Å². The van der Waals surface area contributed by atoms with Crippen LogP contribution in [0, 0.1) is 0 Å². The van der Waals surface area contributed by atoms with Crippen LogP contribution in [0.4, 0.5) is 0 Å². The van der Waals surface area contributed by atoms with E-state index in [9.17, 15) is 15.0 Å². The van der Waals surface area contributed by atoms with Gasteiger partial charge in [-0.15, -0.1) is 0 Å². The van der Waals surface area contributed by atoms with Crippen LogP contribution in [0.25, 0.3) is 11.1 Å².